The molecule has 78 valence electrons. The molecule has 1 nitrogen and oxygen atoms in total. The number of hydrogen-bond donors (Lipinski definition) is 0. The first-order valence-electron chi connectivity index (χ1n) is 5.76. The van der Waals surface area contributed by atoms with Crippen molar-refractivity contribution >= 4 is 0 Å². The van der Waals surface area contributed by atoms with Crippen LogP contribution in [0.4, 0.5) is 0 Å². The summed E-state index contributed by atoms with van der Waals surface area (Å²) < 4.78 is 5.54. The van der Waals surface area contributed by atoms with E-state index in [9.17, 15) is 0 Å². The highest BCUT2D eigenvalue weighted by molar-refractivity contribution is 4.75. The third-order valence-electron chi connectivity index (χ3n) is 2.82. The van der Waals surface area contributed by atoms with Crippen LogP contribution in [0.25, 0.3) is 0 Å². The van der Waals surface area contributed by atoms with Gasteiger partial charge in [0.25, 0.3) is 0 Å². The predicted molar refractivity (Wildman–Crippen MR) is 56.8 cm³/mol. The first-order chi connectivity index (χ1) is 6.18. The zero-order valence-electron chi connectivity index (χ0n) is 9.38. The lowest BCUT2D eigenvalue weighted by Crippen LogP contribution is -2.21. The Hall–Kier alpha value is -0.0400. The maximum Gasteiger partial charge on any atom is 0.0488 e. The van der Waals surface area contributed by atoms with Crippen molar-refractivity contribution in [3.63, 3.8) is 0 Å². The molecule has 0 radical (unpaired) electrons. The highest BCUT2D eigenvalue weighted by Gasteiger charge is 2.24. The molecule has 1 heteroatoms. The van der Waals surface area contributed by atoms with Crippen molar-refractivity contribution in [2.45, 2.75) is 46.5 Å². The quantitative estimate of drug-likeness (QED) is 0.574. The van der Waals surface area contributed by atoms with Crippen molar-refractivity contribution < 1.29 is 4.74 Å². The van der Waals surface area contributed by atoms with Gasteiger partial charge in [-0.3, -0.25) is 0 Å². The van der Waals surface area contributed by atoms with Crippen molar-refractivity contribution in [1.82, 2.24) is 0 Å². The average Bonchev–Trinajstić information content (AvgIpc) is 1.99. The van der Waals surface area contributed by atoms with Gasteiger partial charge < -0.3 is 4.74 Å². The van der Waals surface area contributed by atoms with Crippen LogP contribution in [0.5, 0.6) is 0 Å². The van der Waals surface area contributed by atoms with E-state index in [0.717, 1.165) is 25.0 Å². The maximum atomic E-state index is 5.54. The van der Waals surface area contributed by atoms with Crippen LogP contribution >= 0.6 is 0 Å². The molecule has 0 aromatic heterocycles. The van der Waals surface area contributed by atoms with Crippen LogP contribution in [-0.2, 0) is 4.74 Å². The maximum absolute atomic E-state index is 5.54. The summed E-state index contributed by atoms with van der Waals surface area (Å²) in [5.41, 5.74) is 0. The molecule has 0 atom stereocenters. The van der Waals surface area contributed by atoms with Gasteiger partial charge in [0.15, 0.2) is 0 Å². The molecule has 13 heavy (non-hydrogen) atoms. The first-order valence-corrected chi connectivity index (χ1v) is 5.76. The first kappa shape index (κ1) is 11.0. The molecule has 0 spiro atoms. The minimum absolute atomic E-state index is 0.684. The monoisotopic (exact) mass is 184 g/mol. The topological polar surface area (TPSA) is 9.23 Å². The second kappa shape index (κ2) is 5.64. The molecule has 0 saturated heterocycles. The van der Waals surface area contributed by atoms with E-state index in [1.807, 2.05) is 0 Å². The summed E-state index contributed by atoms with van der Waals surface area (Å²) in [6.07, 6.45) is 5.58. The predicted octanol–water partition coefficient (Wildman–Crippen LogP) is 3.49. The second-order valence-corrected chi connectivity index (χ2v) is 5.05. The number of ether oxygens (including phenoxy) is 1. The summed E-state index contributed by atoms with van der Waals surface area (Å²) in [7, 11) is 0. The fourth-order valence-corrected chi connectivity index (χ4v) is 2.10. The standard InChI is InChI=1S/C12H24O/c1-10(2)9-13-6-4-5-12-7-11(3)8-12/h10-12H,4-9H2,1-3H3. The summed E-state index contributed by atoms with van der Waals surface area (Å²) in [4.78, 5) is 0. The molecule has 1 aliphatic carbocycles. The van der Waals surface area contributed by atoms with Crippen LogP contribution in [0, 0.1) is 17.8 Å². The van der Waals surface area contributed by atoms with Gasteiger partial charge in [-0.1, -0.05) is 20.8 Å². The highest BCUT2D eigenvalue weighted by atomic mass is 16.5. The average molecular weight is 184 g/mol. The fraction of sp³-hybridized carbons (Fsp3) is 1.00. The van der Waals surface area contributed by atoms with Crippen LogP contribution < -0.4 is 0 Å². The smallest absolute Gasteiger partial charge is 0.0488 e. The Labute approximate surface area is 82.9 Å². The van der Waals surface area contributed by atoms with Gasteiger partial charge in [0.2, 0.25) is 0 Å². The zero-order chi connectivity index (χ0) is 9.68. The van der Waals surface area contributed by atoms with Gasteiger partial charge in [-0.15, -0.1) is 0 Å². The van der Waals surface area contributed by atoms with E-state index >= 15 is 0 Å². The summed E-state index contributed by atoms with van der Waals surface area (Å²) in [6, 6.07) is 0. The Bertz CT molecular complexity index is 125. The van der Waals surface area contributed by atoms with Crippen LogP contribution in [-0.4, -0.2) is 13.2 Å². The Morgan fingerprint density at radius 1 is 1.31 bits per heavy atom. The third-order valence-corrected chi connectivity index (χ3v) is 2.82. The van der Waals surface area contributed by atoms with E-state index in [0.29, 0.717) is 5.92 Å². The van der Waals surface area contributed by atoms with Crippen molar-refractivity contribution in [1.29, 1.82) is 0 Å². The molecule has 0 amide bonds. The lowest BCUT2D eigenvalue weighted by molar-refractivity contribution is 0.0950. The Balaban J connectivity index is 1.79. The summed E-state index contributed by atoms with van der Waals surface area (Å²) >= 11 is 0. The van der Waals surface area contributed by atoms with Gasteiger partial charge in [0.1, 0.15) is 0 Å². The minimum atomic E-state index is 0.684. The number of hydrogen-bond acceptors (Lipinski definition) is 1. The SMILES string of the molecule is CC(C)COCCCC1CC(C)C1. The molecule has 0 aliphatic heterocycles. The molecule has 1 aliphatic rings. The molecular formula is C12H24O. The van der Waals surface area contributed by atoms with E-state index in [1.165, 1.54) is 25.7 Å². The van der Waals surface area contributed by atoms with Crippen LogP contribution in [0.3, 0.4) is 0 Å². The van der Waals surface area contributed by atoms with Crippen molar-refractivity contribution in [3.05, 3.63) is 0 Å². The molecule has 0 heterocycles. The van der Waals surface area contributed by atoms with Crippen LogP contribution in [0.15, 0.2) is 0 Å². The van der Waals surface area contributed by atoms with Crippen molar-refractivity contribution in [2.24, 2.45) is 17.8 Å². The van der Waals surface area contributed by atoms with Gasteiger partial charge in [0.05, 0.1) is 0 Å². The summed E-state index contributed by atoms with van der Waals surface area (Å²) in [5, 5.41) is 0. The van der Waals surface area contributed by atoms with E-state index in [4.69, 9.17) is 4.74 Å². The minimum Gasteiger partial charge on any atom is -0.381 e. The summed E-state index contributed by atoms with van der Waals surface area (Å²) in [5.74, 6) is 2.71. The molecule has 0 aromatic rings. The molecule has 0 bridgehead atoms. The second-order valence-electron chi connectivity index (χ2n) is 5.05. The van der Waals surface area contributed by atoms with Gasteiger partial charge in [-0.25, -0.2) is 0 Å². The molecule has 0 N–H and O–H groups in total. The Morgan fingerprint density at radius 3 is 2.54 bits per heavy atom. The van der Waals surface area contributed by atoms with Gasteiger partial charge >= 0.3 is 0 Å². The molecule has 1 fully saturated rings. The Morgan fingerprint density at radius 2 is 2.00 bits per heavy atom. The highest BCUT2D eigenvalue weighted by Crippen LogP contribution is 2.35. The van der Waals surface area contributed by atoms with Gasteiger partial charge in [-0.2, -0.15) is 0 Å². The van der Waals surface area contributed by atoms with Crippen molar-refractivity contribution in [2.75, 3.05) is 13.2 Å². The Kier molecular flexibility index (Phi) is 4.79. The zero-order valence-corrected chi connectivity index (χ0v) is 9.38. The molecule has 0 unspecified atom stereocenters. The largest absolute Gasteiger partial charge is 0.381 e. The van der Waals surface area contributed by atoms with Gasteiger partial charge in [0, 0.05) is 13.2 Å². The van der Waals surface area contributed by atoms with E-state index < -0.39 is 0 Å². The molecular weight excluding hydrogens is 160 g/mol. The molecule has 1 saturated carbocycles. The lowest BCUT2D eigenvalue weighted by atomic mass is 9.74. The molecule has 1 rings (SSSR count). The van der Waals surface area contributed by atoms with Crippen LogP contribution in [0.1, 0.15) is 46.5 Å². The number of rotatable bonds is 6. The van der Waals surface area contributed by atoms with Gasteiger partial charge in [-0.05, 0) is 43.4 Å². The normalized spacial score (nSPS) is 27.7. The van der Waals surface area contributed by atoms with E-state index in [1.54, 1.807) is 0 Å². The van der Waals surface area contributed by atoms with Crippen LogP contribution in [0.2, 0.25) is 0 Å². The molecule has 0 aromatic carbocycles. The van der Waals surface area contributed by atoms with E-state index in [-0.39, 0.29) is 0 Å². The lowest BCUT2D eigenvalue weighted by Gasteiger charge is -2.32. The van der Waals surface area contributed by atoms with E-state index in [2.05, 4.69) is 20.8 Å². The fourth-order valence-electron chi connectivity index (χ4n) is 2.10. The van der Waals surface area contributed by atoms with Crippen molar-refractivity contribution in [3.8, 4) is 0 Å². The summed E-state index contributed by atoms with van der Waals surface area (Å²) in [6.45, 7) is 8.66. The third kappa shape index (κ3) is 4.66.